The van der Waals surface area contributed by atoms with E-state index in [1.54, 1.807) is 0 Å². The number of hydrogen-bond acceptors (Lipinski definition) is 1. The molecule has 0 N–H and O–H groups in total. The second kappa shape index (κ2) is 13.0. The highest BCUT2D eigenvalue weighted by molar-refractivity contribution is 4.59. The minimum Gasteiger partial charge on any atom is -0.304 e. The molecule has 0 aliphatic carbocycles. The molecular weight excluding hydrogens is 230 g/mol. The van der Waals surface area contributed by atoms with Gasteiger partial charge in [0.05, 0.1) is 0 Å². The first-order valence-electron chi connectivity index (χ1n) is 8.86. The van der Waals surface area contributed by atoms with Gasteiger partial charge >= 0.3 is 0 Å². The highest BCUT2D eigenvalue weighted by atomic mass is 15.1. The average Bonchev–Trinajstić information content (AvgIpc) is 2.44. The molecule has 2 atom stereocenters. The normalized spacial score (nSPS) is 14.8. The molecule has 116 valence electrons. The van der Waals surface area contributed by atoms with E-state index < -0.39 is 0 Å². The van der Waals surface area contributed by atoms with Crippen LogP contribution in [-0.4, -0.2) is 24.5 Å². The first-order valence-corrected chi connectivity index (χ1v) is 8.86. The van der Waals surface area contributed by atoms with E-state index in [1.807, 2.05) is 0 Å². The molecule has 0 aromatic carbocycles. The van der Waals surface area contributed by atoms with Crippen LogP contribution in [0.5, 0.6) is 0 Å². The van der Waals surface area contributed by atoms with Crippen molar-refractivity contribution in [1.29, 1.82) is 0 Å². The first kappa shape index (κ1) is 19.0. The van der Waals surface area contributed by atoms with Gasteiger partial charge in [0.1, 0.15) is 0 Å². The summed E-state index contributed by atoms with van der Waals surface area (Å²) in [7, 11) is 0. The molecule has 0 fully saturated rings. The van der Waals surface area contributed by atoms with Crippen molar-refractivity contribution in [3.63, 3.8) is 0 Å². The Morgan fingerprint density at radius 3 is 1.42 bits per heavy atom. The van der Waals surface area contributed by atoms with Crippen molar-refractivity contribution in [3.05, 3.63) is 0 Å². The molecule has 0 radical (unpaired) electrons. The average molecular weight is 270 g/mol. The topological polar surface area (TPSA) is 3.24 Å². The zero-order valence-electron chi connectivity index (χ0n) is 14.4. The highest BCUT2D eigenvalue weighted by Crippen LogP contribution is 2.13. The fourth-order valence-corrected chi connectivity index (χ4v) is 2.49. The SMILES string of the molecule is CCC(C)CCCCN(CC)CCCCC(C)CC. The fourth-order valence-electron chi connectivity index (χ4n) is 2.49. The van der Waals surface area contributed by atoms with Crippen LogP contribution in [0.25, 0.3) is 0 Å². The Bertz CT molecular complexity index is 161. The van der Waals surface area contributed by atoms with Crippen molar-refractivity contribution in [1.82, 2.24) is 4.90 Å². The number of unbranched alkanes of at least 4 members (excludes halogenated alkanes) is 2. The minimum atomic E-state index is 0.922. The monoisotopic (exact) mass is 269 g/mol. The largest absolute Gasteiger partial charge is 0.304 e. The maximum absolute atomic E-state index is 2.65. The van der Waals surface area contributed by atoms with Crippen molar-refractivity contribution in [2.75, 3.05) is 19.6 Å². The lowest BCUT2D eigenvalue weighted by Gasteiger charge is -2.21. The molecule has 0 aliphatic rings. The van der Waals surface area contributed by atoms with Crippen LogP contribution in [0.4, 0.5) is 0 Å². The van der Waals surface area contributed by atoms with E-state index in [-0.39, 0.29) is 0 Å². The molecule has 0 aromatic heterocycles. The molecule has 1 heteroatoms. The van der Waals surface area contributed by atoms with Gasteiger partial charge in [-0.15, -0.1) is 0 Å². The highest BCUT2D eigenvalue weighted by Gasteiger charge is 2.04. The lowest BCUT2D eigenvalue weighted by Crippen LogP contribution is -2.25. The van der Waals surface area contributed by atoms with Crippen LogP contribution < -0.4 is 0 Å². The Morgan fingerprint density at radius 2 is 1.11 bits per heavy atom. The molecule has 19 heavy (non-hydrogen) atoms. The fraction of sp³-hybridized carbons (Fsp3) is 1.00. The van der Waals surface area contributed by atoms with Gasteiger partial charge in [0.25, 0.3) is 0 Å². The van der Waals surface area contributed by atoms with Crippen LogP contribution in [0.2, 0.25) is 0 Å². The summed E-state index contributed by atoms with van der Waals surface area (Å²) in [5, 5.41) is 0. The zero-order chi connectivity index (χ0) is 14.5. The van der Waals surface area contributed by atoms with E-state index in [0.29, 0.717) is 0 Å². The Balaban J connectivity index is 3.49. The maximum atomic E-state index is 2.65. The summed E-state index contributed by atoms with van der Waals surface area (Å²) in [6, 6.07) is 0. The predicted octanol–water partition coefficient (Wildman–Crippen LogP) is 5.74. The van der Waals surface area contributed by atoms with Crippen LogP contribution in [0.15, 0.2) is 0 Å². The molecule has 0 amide bonds. The van der Waals surface area contributed by atoms with E-state index in [2.05, 4.69) is 39.5 Å². The molecule has 0 saturated heterocycles. The molecular formula is C18H39N. The molecule has 2 unspecified atom stereocenters. The molecule has 0 saturated carbocycles. The van der Waals surface area contributed by atoms with Crippen LogP contribution in [0.1, 0.15) is 86.0 Å². The zero-order valence-corrected chi connectivity index (χ0v) is 14.4. The smallest absolute Gasteiger partial charge is 0.00189 e. The molecule has 0 rings (SSSR count). The molecule has 0 aliphatic heterocycles. The lowest BCUT2D eigenvalue weighted by atomic mass is 10.0. The van der Waals surface area contributed by atoms with Crippen molar-refractivity contribution in [3.8, 4) is 0 Å². The van der Waals surface area contributed by atoms with Gasteiger partial charge in [0.2, 0.25) is 0 Å². The summed E-state index contributed by atoms with van der Waals surface area (Å²) in [6.07, 6.45) is 11.1. The number of nitrogens with zero attached hydrogens (tertiary/aromatic N) is 1. The lowest BCUT2D eigenvalue weighted by molar-refractivity contribution is 0.268. The van der Waals surface area contributed by atoms with Gasteiger partial charge in [-0.2, -0.15) is 0 Å². The van der Waals surface area contributed by atoms with E-state index in [0.717, 1.165) is 11.8 Å². The summed E-state index contributed by atoms with van der Waals surface area (Å²) in [4.78, 5) is 2.65. The molecule has 0 aromatic rings. The minimum absolute atomic E-state index is 0.922. The summed E-state index contributed by atoms with van der Waals surface area (Å²) in [5.74, 6) is 1.84. The second-order valence-corrected chi connectivity index (χ2v) is 6.45. The molecule has 0 bridgehead atoms. The van der Waals surface area contributed by atoms with Gasteiger partial charge in [-0.05, 0) is 44.3 Å². The molecule has 0 heterocycles. The molecule has 1 nitrogen and oxygen atoms in total. The summed E-state index contributed by atoms with van der Waals surface area (Å²) >= 11 is 0. The summed E-state index contributed by atoms with van der Waals surface area (Å²) < 4.78 is 0. The van der Waals surface area contributed by atoms with Gasteiger partial charge in [0, 0.05) is 0 Å². The number of rotatable bonds is 13. The van der Waals surface area contributed by atoms with E-state index in [9.17, 15) is 0 Å². The van der Waals surface area contributed by atoms with Gasteiger partial charge < -0.3 is 4.90 Å². The van der Waals surface area contributed by atoms with Crippen LogP contribution >= 0.6 is 0 Å². The van der Waals surface area contributed by atoms with Crippen molar-refractivity contribution in [2.24, 2.45) is 11.8 Å². The summed E-state index contributed by atoms with van der Waals surface area (Å²) in [6.45, 7) is 15.5. The van der Waals surface area contributed by atoms with Gasteiger partial charge in [-0.1, -0.05) is 73.1 Å². The molecule has 0 spiro atoms. The third kappa shape index (κ3) is 11.5. The van der Waals surface area contributed by atoms with Gasteiger partial charge in [0.15, 0.2) is 0 Å². The van der Waals surface area contributed by atoms with E-state index in [1.165, 1.54) is 71.0 Å². The number of hydrogen-bond donors (Lipinski definition) is 0. The maximum Gasteiger partial charge on any atom is -0.00189 e. The first-order chi connectivity index (χ1) is 9.13. The third-order valence-corrected chi connectivity index (χ3v) is 4.68. The van der Waals surface area contributed by atoms with Crippen molar-refractivity contribution >= 4 is 0 Å². The van der Waals surface area contributed by atoms with E-state index in [4.69, 9.17) is 0 Å². The van der Waals surface area contributed by atoms with Gasteiger partial charge in [-0.3, -0.25) is 0 Å². The van der Waals surface area contributed by atoms with Crippen LogP contribution in [0.3, 0.4) is 0 Å². The van der Waals surface area contributed by atoms with Crippen molar-refractivity contribution in [2.45, 2.75) is 86.0 Å². The van der Waals surface area contributed by atoms with E-state index >= 15 is 0 Å². The quantitative estimate of drug-likeness (QED) is 0.385. The Labute approximate surface area is 123 Å². The second-order valence-electron chi connectivity index (χ2n) is 6.45. The summed E-state index contributed by atoms with van der Waals surface area (Å²) in [5.41, 5.74) is 0. The van der Waals surface area contributed by atoms with Gasteiger partial charge in [-0.25, -0.2) is 0 Å². The Kier molecular flexibility index (Phi) is 12.9. The van der Waals surface area contributed by atoms with Crippen LogP contribution in [0, 0.1) is 11.8 Å². The predicted molar refractivity (Wildman–Crippen MR) is 88.7 cm³/mol. The van der Waals surface area contributed by atoms with Crippen molar-refractivity contribution < 1.29 is 0 Å². The Morgan fingerprint density at radius 1 is 0.684 bits per heavy atom. The Hall–Kier alpha value is -0.0400. The standard InChI is InChI=1S/C18H39N/c1-6-17(4)13-9-11-15-19(8-3)16-12-10-14-18(5)7-2/h17-18H,6-16H2,1-5H3. The third-order valence-electron chi connectivity index (χ3n) is 4.68. The van der Waals surface area contributed by atoms with Crippen LogP contribution in [-0.2, 0) is 0 Å².